The van der Waals surface area contributed by atoms with E-state index in [-0.39, 0.29) is 11.5 Å². The smallest absolute Gasteiger partial charge is 0.508 e. The Morgan fingerprint density at radius 1 is 0.815 bits per heavy atom. The van der Waals surface area contributed by atoms with Crippen LogP contribution >= 0.6 is 0 Å². The molecule has 27 heavy (non-hydrogen) atoms. The number of nitrogens with zero attached hydrogens (tertiary/aromatic N) is 1. The number of nitro groups is 1. The summed E-state index contributed by atoms with van der Waals surface area (Å²) in [6, 6.07) is 6.30. The van der Waals surface area contributed by atoms with Crippen molar-refractivity contribution in [2.24, 2.45) is 0 Å². The van der Waals surface area contributed by atoms with Crippen LogP contribution in [0.4, 0.5) is 32.0 Å². The monoisotopic (exact) mass is 401 g/mol. The van der Waals surface area contributed by atoms with Gasteiger partial charge in [-0.05, 0) is 36.4 Å². The second-order valence-electron chi connectivity index (χ2n) is 4.50. The molecule has 0 unspecified atom stereocenters. The molecule has 7 nitrogen and oxygen atoms in total. The van der Waals surface area contributed by atoms with Gasteiger partial charge in [-0.1, -0.05) is 0 Å². The zero-order chi connectivity index (χ0) is 20.8. The van der Waals surface area contributed by atoms with Crippen molar-refractivity contribution >= 4 is 5.69 Å². The normalized spacial score (nSPS) is 11.2. The second-order valence-corrected chi connectivity index (χ2v) is 4.50. The molecule has 0 spiro atoms. The minimum atomic E-state index is -4.93. The Balaban J connectivity index is 0.000000277. The van der Waals surface area contributed by atoms with Gasteiger partial charge in [-0.3, -0.25) is 10.1 Å². The summed E-state index contributed by atoms with van der Waals surface area (Å²) >= 11 is 0. The average molecular weight is 401 g/mol. The van der Waals surface area contributed by atoms with Gasteiger partial charge in [-0.2, -0.15) is 0 Å². The second kappa shape index (κ2) is 8.33. The molecule has 13 heteroatoms. The lowest BCUT2D eigenvalue weighted by atomic mass is 10.3. The predicted molar refractivity (Wildman–Crippen MR) is 76.2 cm³/mol. The molecule has 0 aliphatic carbocycles. The Bertz CT molecular complexity index is 775. The van der Waals surface area contributed by atoms with Gasteiger partial charge < -0.3 is 19.7 Å². The Morgan fingerprint density at radius 2 is 1.26 bits per heavy atom. The minimum absolute atomic E-state index is 0.107. The van der Waals surface area contributed by atoms with E-state index >= 15 is 0 Å². The lowest BCUT2D eigenvalue weighted by Gasteiger charge is -2.08. The van der Waals surface area contributed by atoms with E-state index < -0.39 is 34.8 Å². The predicted octanol–water partition coefficient (Wildman–Crippen LogP) is 4.49. The molecule has 0 saturated heterocycles. The number of ether oxygens (including phenoxy) is 2. The highest BCUT2D eigenvalue weighted by molar-refractivity contribution is 5.49. The molecule has 0 fully saturated rings. The molecule has 0 aromatic heterocycles. The van der Waals surface area contributed by atoms with Gasteiger partial charge in [0.1, 0.15) is 17.2 Å². The summed E-state index contributed by atoms with van der Waals surface area (Å²) in [5.41, 5.74) is -0.850. The molecule has 2 aromatic carbocycles. The molecule has 2 N–H and O–H groups in total. The fourth-order valence-electron chi connectivity index (χ4n) is 1.49. The Hall–Kier alpha value is -3.38. The molecule has 2 rings (SSSR count). The maximum absolute atomic E-state index is 11.7. The lowest BCUT2D eigenvalue weighted by Crippen LogP contribution is -2.17. The van der Waals surface area contributed by atoms with Gasteiger partial charge in [0, 0.05) is 0 Å². The topological polar surface area (TPSA) is 102 Å². The highest BCUT2D eigenvalue weighted by atomic mass is 19.4. The highest BCUT2D eigenvalue weighted by Gasteiger charge is 2.32. The molecular weight excluding hydrogens is 392 g/mol. The molecule has 0 aliphatic heterocycles. The molecule has 0 bridgehead atoms. The molecule has 0 saturated carbocycles. The number of hydrogen-bond donors (Lipinski definition) is 2. The van der Waals surface area contributed by atoms with E-state index in [0.717, 1.165) is 36.4 Å². The van der Waals surface area contributed by atoms with Crippen molar-refractivity contribution in [2.45, 2.75) is 12.7 Å². The van der Waals surface area contributed by atoms with E-state index in [4.69, 9.17) is 10.2 Å². The summed E-state index contributed by atoms with van der Waals surface area (Å²) in [6.45, 7) is 0. The van der Waals surface area contributed by atoms with Crippen LogP contribution in [0, 0.1) is 10.1 Å². The van der Waals surface area contributed by atoms with Crippen LogP contribution in [0.5, 0.6) is 23.0 Å². The summed E-state index contributed by atoms with van der Waals surface area (Å²) in [7, 11) is 0. The first-order valence-electron chi connectivity index (χ1n) is 6.55. The van der Waals surface area contributed by atoms with Crippen molar-refractivity contribution in [3.05, 3.63) is 52.6 Å². The van der Waals surface area contributed by atoms with Crippen LogP contribution in [0.2, 0.25) is 0 Å². The van der Waals surface area contributed by atoms with Gasteiger partial charge in [-0.25, -0.2) is 0 Å². The van der Waals surface area contributed by atoms with Crippen LogP contribution < -0.4 is 9.47 Å². The SMILES string of the molecule is O=[N+]([O-])c1cc(OC(F)(F)F)ccc1O.Oc1ccc(OC(F)(F)F)cc1. The van der Waals surface area contributed by atoms with Gasteiger partial charge in [-0.15, -0.1) is 26.3 Å². The molecular formula is C14H9F6NO6. The third kappa shape index (κ3) is 8.51. The first kappa shape index (κ1) is 21.7. The first-order chi connectivity index (χ1) is 12.3. The fourth-order valence-corrected chi connectivity index (χ4v) is 1.49. The Kier molecular flexibility index (Phi) is 6.69. The van der Waals surface area contributed by atoms with E-state index in [0.29, 0.717) is 6.07 Å². The standard InChI is InChI=1S/C7H4F3NO4.C7H5F3O2/c8-7(9,10)15-4-1-2-6(12)5(3-4)11(13)14;8-7(9,10)12-6-3-1-5(11)2-4-6/h1-3,12H;1-4,11H. The summed E-state index contributed by atoms with van der Waals surface area (Å²) in [6.07, 6.45) is -9.61. The molecule has 0 aliphatic rings. The van der Waals surface area contributed by atoms with Crippen molar-refractivity contribution in [1.29, 1.82) is 0 Å². The first-order valence-corrected chi connectivity index (χ1v) is 6.55. The largest absolute Gasteiger partial charge is 0.573 e. The molecule has 0 radical (unpaired) electrons. The van der Waals surface area contributed by atoms with Crippen molar-refractivity contribution in [3.8, 4) is 23.0 Å². The van der Waals surface area contributed by atoms with Crippen LogP contribution in [-0.2, 0) is 0 Å². The van der Waals surface area contributed by atoms with E-state index in [1.54, 1.807) is 0 Å². The van der Waals surface area contributed by atoms with Crippen LogP contribution in [0.25, 0.3) is 0 Å². The molecule has 0 heterocycles. The van der Waals surface area contributed by atoms with Crippen LogP contribution in [0.1, 0.15) is 0 Å². The lowest BCUT2D eigenvalue weighted by molar-refractivity contribution is -0.386. The summed E-state index contributed by atoms with van der Waals surface area (Å²) in [5.74, 6) is -1.94. The zero-order valence-corrected chi connectivity index (χ0v) is 12.8. The van der Waals surface area contributed by atoms with Crippen molar-refractivity contribution in [2.75, 3.05) is 0 Å². The van der Waals surface area contributed by atoms with Crippen LogP contribution in [0.15, 0.2) is 42.5 Å². The van der Waals surface area contributed by atoms with Gasteiger partial charge in [0.2, 0.25) is 0 Å². The van der Waals surface area contributed by atoms with E-state index in [1.807, 2.05) is 0 Å². The minimum Gasteiger partial charge on any atom is -0.508 e. The van der Waals surface area contributed by atoms with E-state index in [1.165, 1.54) is 0 Å². The van der Waals surface area contributed by atoms with Gasteiger partial charge in [0.25, 0.3) is 0 Å². The maximum atomic E-state index is 11.7. The number of hydrogen-bond acceptors (Lipinski definition) is 6. The van der Waals surface area contributed by atoms with Crippen LogP contribution in [0.3, 0.4) is 0 Å². The number of aromatic hydroxyl groups is 2. The average Bonchev–Trinajstić information content (AvgIpc) is 2.49. The summed E-state index contributed by atoms with van der Waals surface area (Å²) in [4.78, 5) is 9.23. The van der Waals surface area contributed by atoms with Crippen LogP contribution in [-0.4, -0.2) is 27.9 Å². The molecule has 148 valence electrons. The number of benzene rings is 2. The quantitative estimate of drug-likeness (QED) is 0.446. The maximum Gasteiger partial charge on any atom is 0.573 e. The highest BCUT2D eigenvalue weighted by Crippen LogP contribution is 2.32. The summed E-state index contributed by atoms with van der Waals surface area (Å²) < 4.78 is 76.8. The fraction of sp³-hybridized carbons (Fsp3) is 0.143. The van der Waals surface area contributed by atoms with Crippen molar-refractivity contribution in [3.63, 3.8) is 0 Å². The third-order valence-corrected chi connectivity index (χ3v) is 2.45. The Morgan fingerprint density at radius 3 is 1.70 bits per heavy atom. The van der Waals surface area contributed by atoms with E-state index in [2.05, 4.69) is 9.47 Å². The molecule has 0 atom stereocenters. The molecule has 0 amide bonds. The number of phenolic OH excluding ortho intramolecular Hbond substituents is 2. The number of phenols is 2. The Labute approximate surface area is 146 Å². The molecule has 2 aromatic rings. The summed E-state index contributed by atoms with van der Waals surface area (Å²) in [5, 5.41) is 27.9. The van der Waals surface area contributed by atoms with Gasteiger partial charge in [0.15, 0.2) is 5.75 Å². The third-order valence-electron chi connectivity index (χ3n) is 2.45. The number of rotatable bonds is 3. The number of alkyl halides is 6. The van der Waals surface area contributed by atoms with Gasteiger partial charge in [0.05, 0.1) is 11.0 Å². The van der Waals surface area contributed by atoms with Crippen molar-refractivity contribution in [1.82, 2.24) is 0 Å². The van der Waals surface area contributed by atoms with Crippen molar-refractivity contribution < 1.29 is 51.0 Å². The number of halogens is 6. The van der Waals surface area contributed by atoms with Gasteiger partial charge >= 0.3 is 18.4 Å². The van der Waals surface area contributed by atoms with E-state index in [9.17, 15) is 36.5 Å². The number of nitro benzene ring substituents is 1. The zero-order valence-electron chi connectivity index (χ0n) is 12.8.